The highest BCUT2D eigenvalue weighted by atomic mass is 32.2. The maximum atomic E-state index is 11.7. The molecule has 9 heteroatoms. The lowest BCUT2D eigenvalue weighted by Crippen LogP contribution is -2.41. The first-order valence-electron chi connectivity index (χ1n) is 8.78. The molecular formula is C17H27N5O3S. The fourth-order valence-electron chi connectivity index (χ4n) is 2.26. The van der Waals surface area contributed by atoms with Gasteiger partial charge in [0.25, 0.3) is 0 Å². The lowest BCUT2D eigenvalue weighted by Gasteiger charge is -2.12. The Kier molecular flexibility index (Phi) is 7.40. The lowest BCUT2D eigenvalue weighted by atomic mass is 10.2. The van der Waals surface area contributed by atoms with Crippen LogP contribution in [0.4, 0.5) is 0 Å². The molecule has 0 aliphatic heterocycles. The van der Waals surface area contributed by atoms with Crippen molar-refractivity contribution in [2.24, 2.45) is 10.9 Å². The van der Waals surface area contributed by atoms with Crippen LogP contribution in [0.2, 0.25) is 0 Å². The number of nitrogens with zero attached hydrogens (tertiary/aromatic N) is 1. The fraction of sp³-hybridized carbons (Fsp3) is 0.529. The molecule has 0 heterocycles. The molecule has 4 N–H and O–H groups in total. The van der Waals surface area contributed by atoms with E-state index in [0.29, 0.717) is 25.6 Å². The van der Waals surface area contributed by atoms with E-state index >= 15 is 0 Å². The van der Waals surface area contributed by atoms with Crippen LogP contribution in [0.1, 0.15) is 25.3 Å². The molecular weight excluding hydrogens is 354 g/mol. The summed E-state index contributed by atoms with van der Waals surface area (Å²) in [4.78, 5) is 16.3. The zero-order valence-electron chi connectivity index (χ0n) is 15.2. The van der Waals surface area contributed by atoms with E-state index in [9.17, 15) is 13.2 Å². The summed E-state index contributed by atoms with van der Waals surface area (Å²) in [6.07, 6.45) is 2.00. The molecule has 26 heavy (non-hydrogen) atoms. The molecule has 1 saturated carbocycles. The lowest BCUT2D eigenvalue weighted by molar-refractivity contribution is -0.122. The quantitative estimate of drug-likeness (QED) is 0.277. The third-order valence-electron chi connectivity index (χ3n) is 3.93. The number of carbonyl (C=O) groups is 1. The van der Waals surface area contributed by atoms with Gasteiger partial charge in [-0.05, 0) is 44.5 Å². The van der Waals surface area contributed by atoms with Crippen molar-refractivity contribution in [3.8, 4) is 0 Å². The summed E-state index contributed by atoms with van der Waals surface area (Å²) in [5.74, 6) is 0.997. The van der Waals surface area contributed by atoms with Gasteiger partial charge in [-0.25, -0.2) is 18.1 Å². The highest BCUT2D eigenvalue weighted by Gasteiger charge is 2.28. The maximum Gasteiger partial charge on any atom is 0.240 e. The number of hydrogen-bond donors (Lipinski definition) is 4. The molecule has 1 fully saturated rings. The Bertz CT molecular complexity index is 727. The molecule has 0 unspecified atom stereocenters. The SMILES string of the molecule is CCNC(=NCc1ccc(S(=O)(=O)NC)cc1)NCCNC(=O)C1CC1. The Hall–Kier alpha value is -2.13. The third-order valence-corrected chi connectivity index (χ3v) is 5.36. The van der Waals surface area contributed by atoms with Gasteiger partial charge in [0.15, 0.2) is 5.96 Å². The van der Waals surface area contributed by atoms with E-state index in [-0.39, 0.29) is 16.7 Å². The van der Waals surface area contributed by atoms with E-state index in [1.165, 1.54) is 7.05 Å². The smallest absolute Gasteiger partial charge is 0.240 e. The average Bonchev–Trinajstić information content (AvgIpc) is 3.48. The van der Waals surface area contributed by atoms with E-state index in [0.717, 1.165) is 24.9 Å². The van der Waals surface area contributed by atoms with Gasteiger partial charge >= 0.3 is 0 Å². The van der Waals surface area contributed by atoms with Crippen LogP contribution in [0.25, 0.3) is 0 Å². The van der Waals surface area contributed by atoms with Crippen LogP contribution in [-0.2, 0) is 21.4 Å². The number of aliphatic imine (C=N–C) groups is 1. The molecule has 0 saturated heterocycles. The number of amides is 1. The number of nitrogens with one attached hydrogen (secondary N) is 4. The normalized spacial score (nSPS) is 14.8. The molecule has 144 valence electrons. The molecule has 1 aliphatic rings. The Morgan fingerprint density at radius 3 is 2.35 bits per heavy atom. The van der Waals surface area contributed by atoms with Gasteiger partial charge in [-0.1, -0.05) is 12.1 Å². The van der Waals surface area contributed by atoms with Crippen molar-refractivity contribution in [3.05, 3.63) is 29.8 Å². The van der Waals surface area contributed by atoms with Crippen molar-refractivity contribution < 1.29 is 13.2 Å². The number of sulfonamides is 1. The molecule has 0 bridgehead atoms. The zero-order valence-corrected chi connectivity index (χ0v) is 16.0. The van der Waals surface area contributed by atoms with Gasteiger partial charge in [0.05, 0.1) is 11.4 Å². The molecule has 0 spiro atoms. The summed E-state index contributed by atoms with van der Waals surface area (Å²) in [6.45, 7) is 4.26. The standard InChI is InChI=1S/C17H27N5O3S/c1-3-19-17(21-11-10-20-16(23)14-6-7-14)22-12-13-4-8-15(9-5-13)26(24,25)18-2/h4-5,8-9,14,18H,3,6-7,10-12H2,1-2H3,(H,20,23)(H2,19,21,22). The second-order valence-electron chi connectivity index (χ2n) is 6.04. The predicted molar refractivity (Wildman–Crippen MR) is 101 cm³/mol. The molecule has 1 aliphatic carbocycles. The van der Waals surface area contributed by atoms with Crippen LogP contribution in [0.5, 0.6) is 0 Å². The van der Waals surface area contributed by atoms with Gasteiger partial charge in [0.1, 0.15) is 0 Å². The minimum atomic E-state index is -3.42. The molecule has 1 aromatic rings. The number of carbonyl (C=O) groups excluding carboxylic acids is 1. The Morgan fingerprint density at radius 1 is 1.12 bits per heavy atom. The molecule has 0 atom stereocenters. The summed E-state index contributed by atoms with van der Waals surface area (Å²) in [5, 5.41) is 9.20. The molecule has 1 aromatic carbocycles. The van der Waals surface area contributed by atoms with E-state index in [4.69, 9.17) is 0 Å². The van der Waals surface area contributed by atoms with Crippen LogP contribution < -0.4 is 20.7 Å². The summed E-state index contributed by atoms with van der Waals surface area (Å²) in [7, 11) is -2.04. The highest BCUT2D eigenvalue weighted by molar-refractivity contribution is 7.89. The van der Waals surface area contributed by atoms with Crippen molar-refractivity contribution in [3.63, 3.8) is 0 Å². The fourth-order valence-corrected chi connectivity index (χ4v) is 2.99. The molecule has 2 rings (SSSR count). The summed E-state index contributed by atoms with van der Waals surface area (Å²) < 4.78 is 25.7. The summed E-state index contributed by atoms with van der Waals surface area (Å²) in [6, 6.07) is 6.61. The van der Waals surface area contributed by atoms with Crippen molar-refractivity contribution in [1.29, 1.82) is 0 Å². The Balaban J connectivity index is 1.84. The van der Waals surface area contributed by atoms with Crippen LogP contribution in [0, 0.1) is 5.92 Å². The second-order valence-corrected chi connectivity index (χ2v) is 7.93. The van der Waals surface area contributed by atoms with E-state index in [2.05, 4.69) is 25.7 Å². The van der Waals surface area contributed by atoms with Gasteiger partial charge in [-0.15, -0.1) is 0 Å². The van der Waals surface area contributed by atoms with Crippen molar-refractivity contribution >= 4 is 21.9 Å². The topological polar surface area (TPSA) is 112 Å². The van der Waals surface area contributed by atoms with Crippen LogP contribution in [0.15, 0.2) is 34.2 Å². The largest absolute Gasteiger partial charge is 0.357 e. The molecule has 1 amide bonds. The Labute approximate surface area is 154 Å². The predicted octanol–water partition coefficient (Wildman–Crippen LogP) is 0.176. The zero-order chi connectivity index (χ0) is 19.0. The second kappa shape index (κ2) is 9.54. The third kappa shape index (κ3) is 6.30. The van der Waals surface area contributed by atoms with Gasteiger partial charge < -0.3 is 16.0 Å². The molecule has 8 nitrogen and oxygen atoms in total. The highest BCUT2D eigenvalue weighted by Crippen LogP contribution is 2.28. The van der Waals surface area contributed by atoms with Crippen molar-refractivity contribution in [2.45, 2.75) is 31.2 Å². The number of rotatable bonds is 9. The maximum absolute atomic E-state index is 11.7. The Morgan fingerprint density at radius 2 is 1.77 bits per heavy atom. The van der Waals surface area contributed by atoms with E-state index in [1.807, 2.05) is 6.92 Å². The first-order chi connectivity index (χ1) is 12.5. The monoisotopic (exact) mass is 381 g/mol. The summed E-state index contributed by atoms with van der Waals surface area (Å²) >= 11 is 0. The van der Waals surface area contributed by atoms with Crippen molar-refractivity contribution in [2.75, 3.05) is 26.7 Å². The van der Waals surface area contributed by atoms with E-state index < -0.39 is 10.0 Å². The van der Waals surface area contributed by atoms with Crippen molar-refractivity contribution in [1.82, 2.24) is 20.7 Å². The van der Waals surface area contributed by atoms with E-state index in [1.54, 1.807) is 24.3 Å². The number of benzene rings is 1. The van der Waals surface area contributed by atoms with Gasteiger partial charge in [-0.3, -0.25) is 4.79 Å². The summed E-state index contributed by atoms with van der Waals surface area (Å²) in [5.41, 5.74) is 0.902. The molecule has 0 radical (unpaired) electrons. The number of guanidine groups is 1. The minimum absolute atomic E-state index is 0.130. The van der Waals surface area contributed by atoms with Gasteiger partial charge in [0.2, 0.25) is 15.9 Å². The van der Waals surface area contributed by atoms with Crippen LogP contribution >= 0.6 is 0 Å². The average molecular weight is 382 g/mol. The molecule has 0 aromatic heterocycles. The van der Waals surface area contributed by atoms with Crippen LogP contribution in [-0.4, -0.2) is 47.0 Å². The minimum Gasteiger partial charge on any atom is -0.357 e. The first-order valence-corrected chi connectivity index (χ1v) is 10.3. The first kappa shape index (κ1) is 20.2. The van der Waals surface area contributed by atoms with Crippen LogP contribution in [0.3, 0.4) is 0 Å². The van der Waals surface area contributed by atoms with Gasteiger partial charge in [0, 0.05) is 25.6 Å². The van der Waals surface area contributed by atoms with Gasteiger partial charge in [-0.2, -0.15) is 0 Å². The number of hydrogen-bond acceptors (Lipinski definition) is 4.